The molecule has 3 aliphatic rings. The van der Waals surface area contributed by atoms with Gasteiger partial charge in [-0.15, -0.1) is 0 Å². The minimum absolute atomic E-state index is 0.347. The highest BCUT2D eigenvalue weighted by Gasteiger charge is 2.51. The van der Waals surface area contributed by atoms with E-state index in [4.69, 9.17) is 18.9 Å². The van der Waals surface area contributed by atoms with E-state index < -0.39 is 23.5 Å². The summed E-state index contributed by atoms with van der Waals surface area (Å²) in [7, 11) is 0. The molecule has 2 aromatic rings. The number of benzene rings is 2. The van der Waals surface area contributed by atoms with Crippen molar-refractivity contribution in [3.8, 4) is 5.75 Å². The van der Waals surface area contributed by atoms with E-state index in [0.717, 1.165) is 33.6 Å². The number of carbonyl (C=O) groups excluding carboxylic acids is 1. The Balaban J connectivity index is 1.64. The molecule has 2 aromatic carbocycles. The van der Waals surface area contributed by atoms with Crippen molar-refractivity contribution in [2.75, 3.05) is 13.2 Å². The Morgan fingerprint density at radius 2 is 1.73 bits per heavy atom. The highest BCUT2D eigenvalue weighted by molar-refractivity contribution is 5.97. The predicted molar refractivity (Wildman–Crippen MR) is 126 cm³/mol. The van der Waals surface area contributed by atoms with Crippen LogP contribution in [0, 0.1) is 0 Å². The zero-order valence-electron chi connectivity index (χ0n) is 19.9. The number of hydrogen-bond donors (Lipinski definition) is 0. The molecule has 174 valence electrons. The van der Waals surface area contributed by atoms with E-state index >= 15 is 0 Å². The second-order valence-corrected chi connectivity index (χ2v) is 10.2. The van der Waals surface area contributed by atoms with Crippen LogP contribution in [0.5, 0.6) is 5.75 Å². The second-order valence-electron chi connectivity index (χ2n) is 10.2. The van der Waals surface area contributed by atoms with Crippen LogP contribution in [0.3, 0.4) is 0 Å². The third kappa shape index (κ3) is 3.91. The number of amides is 1. The first kappa shape index (κ1) is 22.0. The largest absolute Gasteiger partial charge is 0.488 e. The quantitative estimate of drug-likeness (QED) is 0.594. The van der Waals surface area contributed by atoms with E-state index in [1.807, 2.05) is 65.0 Å². The molecule has 0 bridgehead atoms. The summed E-state index contributed by atoms with van der Waals surface area (Å²) in [4.78, 5) is 15.1. The number of nitrogens with zero attached hydrogens (tertiary/aromatic N) is 1. The Morgan fingerprint density at radius 3 is 2.48 bits per heavy atom. The molecule has 3 aliphatic heterocycles. The van der Waals surface area contributed by atoms with Gasteiger partial charge in [0.25, 0.3) is 0 Å². The summed E-state index contributed by atoms with van der Waals surface area (Å²) >= 11 is 0. The average molecular weight is 450 g/mol. The number of carbonyl (C=O) groups is 1. The van der Waals surface area contributed by atoms with Gasteiger partial charge >= 0.3 is 6.09 Å². The van der Waals surface area contributed by atoms with Crippen LogP contribution >= 0.6 is 0 Å². The Labute approximate surface area is 195 Å². The van der Waals surface area contributed by atoms with Crippen LogP contribution in [0.25, 0.3) is 11.1 Å². The normalized spacial score (nSPS) is 23.7. The molecular weight excluding hydrogens is 418 g/mol. The summed E-state index contributed by atoms with van der Waals surface area (Å²) in [5.74, 6) is 0.825. The summed E-state index contributed by atoms with van der Waals surface area (Å²) in [6.07, 6.45) is -0.797. The number of hydrogen-bond acceptors (Lipinski definition) is 5. The zero-order valence-corrected chi connectivity index (χ0v) is 19.9. The molecule has 33 heavy (non-hydrogen) atoms. The van der Waals surface area contributed by atoms with Gasteiger partial charge in [-0.1, -0.05) is 42.5 Å². The first-order valence-electron chi connectivity index (χ1n) is 11.5. The maximum Gasteiger partial charge on any atom is 0.413 e. The van der Waals surface area contributed by atoms with E-state index in [-0.39, 0.29) is 6.04 Å². The van der Waals surface area contributed by atoms with E-state index in [1.54, 1.807) is 4.90 Å². The highest BCUT2D eigenvalue weighted by atomic mass is 16.6. The van der Waals surface area contributed by atoms with Crippen LogP contribution in [0.1, 0.15) is 51.3 Å². The molecule has 0 N–H and O–H groups in total. The van der Waals surface area contributed by atoms with E-state index in [9.17, 15) is 4.79 Å². The Morgan fingerprint density at radius 1 is 1.03 bits per heavy atom. The summed E-state index contributed by atoms with van der Waals surface area (Å²) in [6, 6.07) is 15.9. The SMILES string of the molecule is CC(C)(C)OC(=O)N1[C@H]([C@H]2OCc3ccccc3C3=C2c2ccccc2OC3)COC1(C)C. The average Bonchev–Trinajstić information content (AvgIpc) is 2.97. The van der Waals surface area contributed by atoms with Crippen LogP contribution in [0.4, 0.5) is 4.79 Å². The van der Waals surface area contributed by atoms with E-state index in [0.29, 0.717) is 19.8 Å². The summed E-state index contributed by atoms with van der Waals surface area (Å²) in [5.41, 5.74) is 3.96. The van der Waals surface area contributed by atoms with Crippen molar-refractivity contribution in [3.63, 3.8) is 0 Å². The van der Waals surface area contributed by atoms with Gasteiger partial charge in [0.15, 0.2) is 0 Å². The van der Waals surface area contributed by atoms with Crippen LogP contribution in [0.15, 0.2) is 48.5 Å². The minimum Gasteiger partial charge on any atom is -0.488 e. The van der Waals surface area contributed by atoms with Gasteiger partial charge < -0.3 is 18.9 Å². The van der Waals surface area contributed by atoms with Gasteiger partial charge in [0.2, 0.25) is 0 Å². The van der Waals surface area contributed by atoms with Gasteiger partial charge in [-0.25, -0.2) is 4.79 Å². The number of ether oxygens (including phenoxy) is 4. The Kier molecular flexibility index (Phi) is 5.26. The molecule has 0 saturated carbocycles. The summed E-state index contributed by atoms with van der Waals surface area (Å²) < 4.78 is 24.7. The van der Waals surface area contributed by atoms with Crippen molar-refractivity contribution >= 4 is 17.2 Å². The fraction of sp³-hybridized carbons (Fsp3) is 0.444. The predicted octanol–water partition coefficient (Wildman–Crippen LogP) is 5.26. The van der Waals surface area contributed by atoms with Gasteiger partial charge in [0.05, 0.1) is 19.3 Å². The molecule has 6 heteroatoms. The highest BCUT2D eigenvalue weighted by Crippen LogP contribution is 2.46. The zero-order chi connectivity index (χ0) is 23.4. The van der Waals surface area contributed by atoms with Crippen molar-refractivity contribution in [2.24, 2.45) is 0 Å². The molecule has 1 fully saturated rings. The number of fused-ring (bicyclic) bond motifs is 4. The molecule has 3 heterocycles. The first-order valence-corrected chi connectivity index (χ1v) is 11.5. The lowest BCUT2D eigenvalue weighted by Crippen LogP contribution is -2.54. The van der Waals surface area contributed by atoms with Crippen LogP contribution < -0.4 is 4.74 Å². The van der Waals surface area contributed by atoms with Crippen LogP contribution in [-0.2, 0) is 20.8 Å². The second kappa shape index (κ2) is 7.89. The first-order chi connectivity index (χ1) is 15.7. The molecule has 0 aliphatic carbocycles. The van der Waals surface area contributed by atoms with Crippen LogP contribution in [0.2, 0.25) is 0 Å². The maximum atomic E-state index is 13.4. The van der Waals surface area contributed by atoms with Gasteiger partial charge in [0, 0.05) is 16.7 Å². The Hall–Kier alpha value is -2.83. The fourth-order valence-corrected chi connectivity index (χ4v) is 4.98. The fourth-order valence-electron chi connectivity index (χ4n) is 4.98. The third-order valence-corrected chi connectivity index (χ3v) is 6.38. The lowest BCUT2D eigenvalue weighted by Gasteiger charge is -2.39. The topological polar surface area (TPSA) is 57.2 Å². The van der Waals surface area contributed by atoms with Crippen molar-refractivity contribution < 1.29 is 23.7 Å². The smallest absolute Gasteiger partial charge is 0.413 e. The standard InChI is InChI=1S/C27H31NO5/c1-26(2,3)33-25(29)28-21(16-32-27(28,4)5)24-23-19-12-8-9-13-22(19)30-15-20(23)18-11-7-6-10-17(18)14-31-24/h6-13,21,24H,14-16H2,1-5H3/t21-,24+/m0/s1. The number of para-hydroxylation sites is 1. The van der Waals surface area contributed by atoms with Crippen molar-refractivity contribution in [1.82, 2.24) is 4.90 Å². The third-order valence-electron chi connectivity index (χ3n) is 6.38. The van der Waals surface area contributed by atoms with Gasteiger partial charge in [-0.3, -0.25) is 4.90 Å². The molecule has 2 atom stereocenters. The molecule has 0 spiro atoms. The molecular formula is C27H31NO5. The molecule has 6 nitrogen and oxygen atoms in total. The summed E-state index contributed by atoms with van der Waals surface area (Å²) in [5, 5.41) is 0. The maximum absolute atomic E-state index is 13.4. The lowest BCUT2D eigenvalue weighted by molar-refractivity contribution is -0.0690. The molecule has 0 aromatic heterocycles. The van der Waals surface area contributed by atoms with Crippen LogP contribution in [-0.4, -0.2) is 47.7 Å². The molecule has 0 unspecified atom stereocenters. The monoisotopic (exact) mass is 449 g/mol. The van der Waals surface area contributed by atoms with Gasteiger partial charge in [-0.2, -0.15) is 0 Å². The molecule has 5 rings (SSSR count). The summed E-state index contributed by atoms with van der Waals surface area (Å²) in [6.45, 7) is 10.7. The molecule has 1 saturated heterocycles. The van der Waals surface area contributed by atoms with E-state index in [2.05, 4.69) is 18.2 Å². The van der Waals surface area contributed by atoms with Gasteiger partial charge in [-0.05, 0) is 51.8 Å². The van der Waals surface area contributed by atoms with Gasteiger partial charge in [0.1, 0.15) is 29.8 Å². The lowest BCUT2D eigenvalue weighted by atomic mass is 9.86. The van der Waals surface area contributed by atoms with Crippen molar-refractivity contribution in [1.29, 1.82) is 0 Å². The minimum atomic E-state index is -0.819. The van der Waals surface area contributed by atoms with E-state index in [1.165, 1.54) is 0 Å². The van der Waals surface area contributed by atoms with Crippen molar-refractivity contribution in [2.45, 2.75) is 64.7 Å². The molecule has 0 radical (unpaired) electrons. The molecule has 1 amide bonds. The Bertz CT molecular complexity index is 1110. The number of rotatable bonds is 1. The van der Waals surface area contributed by atoms with Crippen molar-refractivity contribution in [3.05, 3.63) is 65.2 Å².